The smallest absolute Gasteiger partial charge is 0.247 e. The van der Waals surface area contributed by atoms with Gasteiger partial charge in [-0.15, -0.1) is 5.10 Å². The first kappa shape index (κ1) is 15.0. The fourth-order valence-corrected chi connectivity index (χ4v) is 2.91. The molecule has 5 nitrogen and oxygen atoms in total. The third kappa shape index (κ3) is 3.30. The van der Waals surface area contributed by atoms with E-state index >= 15 is 0 Å². The maximum absolute atomic E-state index is 6.15. The number of anilines is 3. The molecule has 1 atom stereocenters. The molecule has 0 aliphatic carbocycles. The van der Waals surface area contributed by atoms with Crippen LogP contribution in [0.15, 0.2) is 24.4 Å². The normalized spacial score (nSPS) is 18.3. The Labute approximate surface area is 135 Å². The van der Waals surface area contributed by atoms with Gasteiger partial charge in [-0.25, -0.2) is 0 Å². The SMILES string of the molecule is Cc1c(Cl)cccc1Nc1cnnc(N2CCCC(C)C2)n1. The summed E-state index contributed by atoms with van der Waals surface area (Å²) < 4.78 is 0. The zero-order valence-electron chi connectivity index (χ0n) is 12.9. The summed E-state index contributed by atoms with van der Waals surface area (Å²) in [6, 6.07) is 5.77. The van der Waals surface area contributed by atoms with Crippen molar-refractivity contribution in [1.29, 1.82) is 0 Å². The molecule has 1 unspecified atom stereocenters. The number of piperidine rings is 1. The average molecular weight is 318 g/mol. The van der Waals surface area contributed by atoms with Crippen molar-refractivity contribution in [1.82, 2.24) is 15.2 Å². The molecule has 116 valence electrons. The minimum atomic E-state index is 0.670. The fourth-order valence-electron chi connectivity index (χ4n) is 2.74. The lowest BCUT2D eigenvalue weighted by molar-refractivity contribution is 0.441. The molecule has 2 aromatic rings. The zero-order valence-corrected chi connectivity index (χ0v) is 13.6. The van der Waals surface area contributed by atoms with Crippen molar-refractivity contribution in [2.24, 2.45) is 5.92 Å². The molecule has 1 N–H and O–H groups in total. The Morgan fingerprint density at radius 3 is 3.05 bits per heavy atom. The van der Waals surface area contributed by atoms with Gasteiger partial charge in [-0.05, 0) is 43.4 Å². The van der Waals surface area contributed by atoms with E-state index in [1.54, 1.807) is 6.20 Å². The van der Waals surface area contributed by atoms with Crippen LogP contribution in [-0.4, -0.2) is 28.3 Å². The summed E-state index contributed by atoms with van der Waals surface area (Å²) in [5.41, 5.74) is 1.93. The molecule has 1 aromatic carbocycles. The Kier molecular flexibility index (Phi) is 4.43. The first-order chi connectivity index (χ1) is 10.6. The van der Waals surface area contributed by atoms with Crippen LogP contribution in [0.2, 0.25) is 5.02 Å². The number of hydrogen-bond acceptors (Lipinski definition) is 5. The van der Waals surface area contributed by atoms with E-state index in [1.807, 2.05) is 25.1 Å². The van der Waals surface area contributed by atoms with Crippen LogP contribution in [-0.2, 0) is 0 Å². The number of nitrogens with one attached hydrogen (secondary N) is 1. The second-order valence-electron chi connectivity index (χ2n) is 5.87. The molecule has 1 aliphatic rings. The van der Waals surface area contributed by atoms with Crippen molar-refractivity contribution in [3.8, 4) is 0 Å². The van der Waals surface area contributed by atoms with Crippen LogP contribution in [0.4, 0.5) is 17.5 Å². The highest BCUT2D eigenvalue weighted by molar-refractivity contribution is 6.31. The molecule has 0 saturated carbocycles. The molecule has 0 radical (unpaired) electrons. The van der Waals surface area contributed by atoms with Crippen molar-refractivity contribution < 1.29 is 0 Å². The van der Waals surface area contributed by atoms with Gasteiger partial charge in [0.15, 0.2) is 5.82 Å². The van der Waals surface area contributed by atoms with E-state index in [4.69, 9.17) is 11.6 Å². The van der Waals surface area contributed by atoms with Gasteiger partial charge in [0, 0.05) is 23.8 Å². The third-order valence-corrected chi connectivity index (χ3v) is 4.43. The van der Waals surface area contributed by atoms with Gasteiger partial charge in [0.1, 0.15) is 0 Å². The molecule has 2 heterocycles. The highest BCUT2D eigenvalue weighted by Gasteiger charge is 2.19. The Balaban J connectivity index is 1.80. The minimum absolute atomic E-state index is 0.670. The van der Waals surface area contributed by atoms with Gasteiger partial charge >= 0.3 is 0 Å². The highest BCUT2D eigenvalue weighted by Crippen LogP contribution is 2.26. The fraction of sp³-hybridized carbons (Fsp3) is 0.438. The molecular weight excluding hydrogens is 298 g/mol. The quantitative estimate of drug-likeness (QED) is 0.932. The molecule has 6 heteroatoms. The summed E-state index contributed by atoms with van der Waals surface area (Å²) in [6.07, 6.45) is 4.08. The van der Waals surface area contributed by atoms with Gasteiger partial charge in [0.25, 0.3) is 0 Å². The van der Waals surface area contributed by atoms with E-state index in [-0.39, 0.29) is 0 Å². The van der Waals surface area contributed by atoms with Crippen molar-refractivity contribution in [2.75, 3.05) is 23.3 Å². The number of rotatable bonds is 3. The predicted octanol–water partition coefficient (Wildman–Crippen LogP) is 3.81. The maximum Gasteiger partial charge on any atom is 0.247 e. The summed E-state index contributed by atoms with van der Waals surface area (Å²) in [7, 11) is 0. The van der Waals surface area contributed by atoms with Crippen LogP contribution in [0.3, 0.4) is 0 Å². The number of aromatic nitrogens is 3. The van der Waals surface area contributed by atoms with E-state index in [0.717, 1.165) is 29.4 Å². The van der Waals surface area contributed by atoms with Gasteiger partial charge in [0.2, 0.25) is 5.95 Å². The van der Waals surface area contributed by atoms with Crippen molar-refractivity contribution in [3.05, 3.63) is 35.0 Å². The Morgan fingerprint density at radius 2 is 2.23 bits per heavy atom. The van der Waals surface area contributed by atoms with E-state index in [0.29, 0.717) is 17.7 Å². The number of nitrogens with zero attached hydrogens (tertiary/aromatic N) is 4. The summed E-state index contributed by atoms with van der Waals surface area (Å²) in [5.74, 6) is 2.05. The molecule has 0 bridgehead atoms. The zero-order chi connectivity index (χ0) is 15.5. The van der Waals surface area contributed by atoms with E-state index < -0.39 is 0 Å². The monoisotopic (exact) mass is 317 g/mol. The largest absolute Gasteiger partial charge is 0.339 e. The topological polar surface area (TPSA) is 53.9 Å². The second kappa shape index (κ2) is 6.48. The molecule has 0 amide bonds. The molecule has 3 rings (SSSR count). The van der Waals surface area contributed by atoms with E-state index in [2.05, 4.69) is 32.3 Å². The van der Waals surface area contributed by atoms with E-state index in [9.17, 15) is 0 Å². The van der Waals surface area contributed by atoms with Gasteiger partial charge in [-0.1, -0.05) is 24.6 Å². The molecular formula is C16H20ClN5. The molecule has 1 saturated heterocycles. The van der Waals surface area contributed by atoms with Gasteiger partial charge in [0.05, 0.1) is 6.20 Å². The first-order valence-electron chi connectivity index (χ1n) is 7.60. The lowest BCUT2D eigenvalue weighted by Crippen LogP contribution is -2.35. The van der Waals surface area contributed by atoms with Crippen molar-refractivity contribution in [2.45, 2.75) is 26.7 Å². The number of hydrogen-bond donors (Lipinski definition) is 1. The van der Waals surface area contributed by atoms with E-state index in [1.165, 1.54) is 12.8 Å². The van der Waals surface area contributed by atoms with Crippen LogP contribution in [0.1, 0.15) is 25.3 Å². The average Bonchev–Trinajstić information content (AvgIpc) is 2.52. The van der Waals surface area contributed by atoms with Crippen LogP contribution >= 0.6 is 11.6 Å². The Morgan fingerprint density at radius 1 is 1.36 bits per heavy atom. The second-order valence-corrected chi connectivity index (χ2v) is 6.28. The lowest BCUT2D eigenvalue weighted by Gasteiger charge is -2.30. The minimum Gasteiger partial charge on any atom is -0.339 e. The van der Waals surface area contributed by atoms with Gasteiger partial charge < -0.3 is 10.2 Å². The van der Waals surface area contributed by atoms with Crippen LogP contribution in [0.5, 0.6) is 0 Å². The predicted molar refractivity (Wildman–Crippen MR) is 89.9 cm³/mol. The standard InChI is InChI=1S/C16H20ClN5/c1-11-5-4-8-22(10-11)16-20-15(9-18-21-16)19-14-7-3-6-13(17)12(14)2/h3,6-7,9,11H,4-5,8,10H2,1-2H3,(H,19,20,21). The third-order valence-electron chi connectivity index (χ3n) is 4.02. The first-order valence-corrected chi connectivity index (χ1v) is 7.98. The van der Waals surface area contributed by atoms with Crippen LogP contribution in [0.25, 0.3) is 0 Å². The van der Waals surface area contributed by atoms with Crippen LogP contribution in [0, 0.1) is 12.8 Å². The molecule has 1 aromatic heterocycles. The summed E-state index contributed by atoms with van der Waals surface area (Å²) in [5, 5.41) is 12.3. The molecule has 1 aliphatic heterocycles. The molecule has 1 fully saturated rings. The summed E-state index contributed by atoms with van der Waals surface area (Å²) in [4.78, 5) is 6.80. The van der Waals surface area contributed by atoms with Crippen molar-refractivity contribution >= 4 is 29.1 Å². The van der Waals surface area contributed by atoms with Crippen LogP contribution < -0.4 is 10.2 Å². The Bertz CT molecular complexity index is 661. The molecule has 0 spiro atoms. The maximum atomic E-state index is 6.15. The van der Waals surface area contributed by atoms with Crippen molar-refractivity contribution in [3.63, 3.8) is 0 Å². The lowest BCUT2D eigenvalue weighted by atomic mass is 10.0. The molecule has 22 heavy (non-hydrogen) atoms. The summed E-state index contributed by atoms with van der Waals surface area (Å²) in [6.45, 7) is 6.22. The van der Waals surface area contributed by atoms with Gasteiger partial charge in [-0.2, -0.15) is 10.1 Å². The Hall–Kier alpha value is -1.88. The number of benzene rings is 1. The summed E-state index contributed by atoms with van der Waals surface area (Å²) >= 11 is 6.15. The van der Waals surface area contributed by atoms with Gasteiger partial charge in [-0.3, -0.25) is 0 Å². The highest BCUT2D eigenvalue weighted by atomic mass is 35.5. The number of halogens is 1.